The fourth-order valence-electron chi connectivity index (χ4n) is 1.63. The summed E-state index contributed by atoms with van der Waals surface area (Å²) in [7, 11) is 0. The van der Waals surface area contributed by atoms with Gasteiger partial charge in [-0.25, -0.2) is 4.98 Å². The van der Waals surface area contributed by atoms with E-state index in [1.807, 2.05) is 11.4 Å². The maximum Gasteiger partial charge on any atom is 0.305 e. The number of amides is 1. The largest absolute Gasteiger partial charge is 0.481 e. The van der Waals surface area contributed by atoms with Crippen LogP contribution in [-0.2, 0) is 4.79 Å². The quantitative estimate of drug-likeness (QED) is 0.876. The number of carboxylic acid groups (broad SMARTS) is 1. The minimum atomic E-state index is -0.973. The van der Waals surface area contributed by atoms with E-state index in [0.29, 0.717) is 5.69 Å². The second kappa shape index (κ2) is 6.25. The zero-order chi connectivity index (χ0) is 14.5. The molecule has 2 rings (SSSR count). The molecule has 0 saturated heterocycles. The van der Waals surface area contributed by atoms with Gasteiger partial charge < -0.3 is 10.4 Å². The van der Waals surface area contributed by atoms with Gasteiger partial charge >= 0.3 is 5.97 Å². The number of carbonyl (C=O) groups excluding carboxylic acids is 1. The van der Waals surface area contributed by atoms with Gasteiger partial charge in [-0.3, -0.25) is 14.6 Å². The Morgan fingerprint density at radius 1 is 1.40 bits per heavy atom. The Kier molecular flexibility index (Phi) is 4.41. The Morgan fingerprint density at radius 3 is 2.75 bits per heavy atom. The van der Waals surface area contributed by atoms with E-state index >= 15 is 0 Å². The molecule has 0 radical (unpaired) electrons. The highest BCUT2D eigenvalue weighted by atomic mass is 32.1. The topological polar surface area (TPSA) is 92.2 Å². The maximum atomic E-state index is 12.0. The third-order valence-electron chi connectivity index (χ3n) is 2.58. The molecule has 0 bridgehead atoms. The molecule has 1 amide bonds. The van der Waals surface area contributed by atoms with Gasteiger partial charge in [0.1, 0.15) is 5.69 Å². The van der Waals surface area contributed by atoms with Crippen molar-refractivity contribution in [3.8, 4) is 0 Å². The van der Waals surface area contributed by atoms with Crippen LogP contribution in [-0.4, -0.2) is 27.0 Å². The molecular weight excluding hydrogens is 278 g/mol. The van der Waals surface area contributed by atoms with Crippen LogP contribution < -0.4 is 5.32 Å². The van der Waals surface area contributed by atoms with E-state index in [-0.39, 0.29) is 12.1 Å². The predicted molar refractivity (Wildman–Crippen MR) is 73.5 cm³/mol. The highest BCUT2D eigenvalue weighted by Crippen LogP contribution is 2.22. The van der Waals surface area contributed by atoms with E-state index in [0.717, 1.165) is 4.88 Å². The zero-order valence-electron chi connectivity index (χ0n) is 10.7. The minimum absolute atomic E-state index is 0.169. The summed E-state index contributed by atoms with van der Waals surface area (Å²) < 4.78 is 0. The first kappa shape index (κ1) is 14.1. The smallest absolute Gasteiger partial charge is 0.305 e. The third-order valence-corrected chi connectivity index (χ3v) is 3.57. The summed E-state index contributed by atoms with van der Waals surface area (Å²) in [5.41, 5.74) is 0.879. The van der Waals surface area contributed by atoms with Crippen molar-refractivity contribution >= 4 is 23.2 Å². The summed E-state index contributed by atoms with van der Waals surface area (Å²) >= 11 is 1.40. The fraction of sp³-hybridized carbons (Fsp3) is 0.231. The number of hydrogen-bond acceptors (Lipinski definition) is 5. The zero-order valence-corrected chi connectivity index (χ0v) is 11.6. The number of thiophene rings is 1. The van der Waals surface area contributed by atoms with Gasteiger partial charge in [-0.1, -0.05) is 6.07 Å². The van der Waals surface area contributed by atoms with Crippen LogP contribution in [0.3, 0.4) is 0 Å². The number of carbonyl (C=O) groups is 2. The van der Waals surface area contributed by atoms with Crippen LogP contribution in [0.4, 0.5) is 0 Å². The van der Waals surface area contributed by atoms with Crippen LogP contribution in [0, 0.1) is 6.92 Å². The molecule has 20 heavy (non-hydrogen) atoms. The Bertz CT molecular complexity index is 596. The van der Waals surface area contributed by atoms with Crippen LogP contribution in [0.1, 0.15) is 33.5 Å². The number of rotatable bonds is 5. The number of aryl methyl sites for hydroxylation is 1. The van der Waals surface area contributed by atoms with E-state index in [4.69, 9.17) is 5.11 Å². The molecule has 7 heteroatoms. The highest BCUT2D eigenvalue weighted by Gasteiger charge is 2.20. The Labute approximate surface area is 119 Å². The molecule has 0 aliphatic rings. The van der Waals surface area contributed by atoms with Gasteiger partial charge in [0, 0.05) is 11.1 Å². The van der Waals surface area contributed by atoms with E-state index in [9.17, 15) is 9.59 Å². The van der Waals surface area contributed by atoms with Crippen LogP contribution in [0.2, 0.25) is 0 Å². The number of aromatic nitrogens is 2. The van der Waals surface area contributed by atoms with E-state index in [1.165, 1.54) is 23.7 Å². The Hall–Kier alpha value is -2.28. The second-order valence-corrected chi connectivity index (χ2v) is 5.16. The van der Waals surface area contributed by atoms with Crippen molar-refractivity contribution in [1.82, 2.24) is 15.3 Å². The predicted octanol–water partition coefficient (Wildman–Crippen LogP) is 1.79. The van der Waals surface area contributed by atoms with Crippen LogP contribution in [0.25, 0.3) is 0 Å². The highest BCUT2D eigenvalue weighted by molar-refractivity contribution is 7.10. The van der Waals surface area contributed by atoms with Crippen molar-refractivity contribution in [2.75, 3.05) is 0 Å². The van der Waals surface area contributed by atoms with Gasteiger partial charge in [0.15, 0.2) is 0 Å². The van der Waals surface area contributed by atoms with Gasteiger partial charge in [-0.15, -0.1) is 11.3 Å². The summed E-state index contributed by atoms with van der Waals surface area (Å²) in [5.74, 6) is -1.41. The van der Waals surface area contributed by atoms with Crippen LogP contribution in [0.15, 0.2) is 29.9 Å². The SMILES string of the molecule is Cc1cnc(C(=O)N[C@@H](CC(=O)O)c2cccs2)cn1. The molecule has 0 saturated carbocycles. The van der Waals surface area contributed by atoms with Gasteiger partial charge in [-0.05, 0) is 18.4 Å². The molecule has 0 aliphatic carbocycles. The lowest BCUT2D eigenvalue weighted by Gasteiger charge is -2.15. The molecule has 2 heterocycles. The Morgan fingerprint density at radius 2 is 2.20 bits per heavy atom. The minimum Gasteiger partial charge on any atom is -0.481 e. The van der Waals surface area contributed by atoms with Gasteiger partial charge in [0.25, 0.3) is 5.91 Å². The fourth-order valence-corrected chi connectivity index (χ4v) is 2.41. The molecule has 2 aromatic heterocycles. The molecule has 0 aromatic carbocycles. The molecule has 0 spiro atoms. The third kappa shape index (κ3) is 3.61. The lowest BCUT2D eigenvalue weighted by molar-refractivity contribution is -0.137. The van der Waals surface area contributed by atoms with Crippen molar-refractivity contribution < 1.29 is 14.7 Å². The first-order chi connectivity index (χ1) is 9.56. The van der Waals surface area contributed by atoms with Crippen molar-refractivity contribution in [2.24, 2.45) is 0 Å². The van der Waals surface area contributed by atoms with Crippen molar-refractivity contribution in [2.45, 2.75) is 19.4 Å². The summed E-state index contributed by atoms with van der Waals surface area (Å²) in [6, 6.07) is 3.04. The van der Waals surface area contributed by atoms with Crippen LogP contribution >= 0.6 is 11.3 Å². The molecule has 104 valence electrons. The number of nitrogens with one attached hydrogen (secondary N) is 1. The average Bonchev–Trinajstić information content (AvgIpc) is 2.92. The molecule has 6 nitrogen and oxygen atoms in total. The van der Waals surface area contributed by atoms with Gasteiger partial charge in [-0.2, -0.15) is 0 Å². The molecule has 0 unspecified atom stereocenters. The van der Waals surface area contributed by atoms with Crippen LogP contribution in [0.5, 0.6) is 0 Å². The lowest BCUT2D eigenvalue weighted by atomic mass is 10.1. The molecular formula is C13H13N3O3S. The summed E-state index contributed by atoms with van der Waals surface area (Å²) in [4.78, 5) is 31.7. The first-order valence-electron chi connectivity index (χ1n) is 5.91. The summed E-state index contributed by atoms with van der Waals surface area (Å²) in [5, 5.41) is 13.4. The maximum absolute atomic E-state index is 12.0. The number of hydrogen-bond donors (Lipinski definition) is 2. The van der Waals surface area contributed by atoms with Gasteiger partial charge in [0.2, 0.25) is 0 Å². The molecule has 1 atom stereocenters. The van der Waals surface area contributed by atoms with E-state index in [2.05, 4.69) is 15.3 Å². The normalized spacial score (nSPS) is 11.8. The van der Waals surface area contributed by atoms with Crippen molar-refractivity contribution in [1.29, 1.82) is 0 Å². The van der Waals surface area contributed by atoms with E-state index < -0.39 is 17.9 Å². The summed E-state index contributed by atoms with van der Waals surface area (Å²) in [6.45, 7) is 1.77. The standard InChI is InChI=1S/C13H13N3O3S/c1-8-6-15-10(7-14-8)13(19)16-9(5-12(17)18)11-3-2-4-20-11/h2-4,6-7,9H,5H2,1H3,(H,16,19)(H,17,18)/t9-/m0/s1. The number of nitrogens with zero attached hydrogens (tertiary/aromatic N) is 2. The van der Waals surface area contributed by atoms with Gasteiger partial charge in [0.05, 0.1) is 24.4 Å². The number of aliphatic carboxylic acids is 1. The molecule has 2 N–H and O–H groups in total. The number of carboxylic acids is 1. The average molecular weight is 291 g/mol. The molecule has 0 fully saturated rings. The second-order valence-electron chi connectivity index (χ2n) is 4.18. The van der Waals surface area contributed by atoms with Crippen molar-refractivity contribution in [3.05, 3.63) is 46.2 Å². The van der Waals surface area contributed by atoms with E-state index in [1.54, 1.807) is 13.0 Å². The monoisotopic (exact) mass is 291 g/mol. The summed E-state index contributed by atoms with van der Waals surface area (Å²) in [6.07, 6.45) is 2.69. The first-order valence-corrected chi connectivity index (χ1v) is 6.79. The molecule has 0 aliphatic heterocycles. The van der Waals surface area contributed by atoms with Crippen molar-refractivity contribution in [3.63, 3.8) is 0 Å². The Balaban J connectivity index is 2.13. The lowest BCUT2D eigenvalue weighted by Crippen LogP contribution is -2.30. The molecule has 2 aromatic rings.